The van der Waals surface area contributed by atoms with Crippen molar-refractivity contribution in [2.75, 3.05) is 31.5 Å². The lowest BCUT2D eigenvalue weighted by atomic mass is 10.1. The molecule has 3 rings (SSSR count). The Morgan fingerprint density at radius 2 is 1.68 bits per heavy atom. The fraction of sp³-hybridized carbons (Fsp3) is 0.381. The maximum absolute atomic E-state index is 12.5. The molecule has 0 atom stereocenters. The molecule has 0 radical (unpaired) electrons. The number of rotatable bonds is 3. The normalized spacial score (nSPS) is 15.2. The van der Waals surface area contributed by atoms with Crippen molar-refractivity contribution >= 4 is 11.7 Å². The van der Waals surface area contributed by atoms with Crippen molar-refractivity contribution in [2.24, 2.45) is 0 Å². The second-order valence-corrected chi connectivity index (χ2v) is 7.15. The van der Waals surface area contributed by atoms with E-state index in [-0.39, 0.29) is 6.03 Å². The van der Waals surface area contributed by atoms with Crippen LogP contribution in [-0.2, 0) is 6.54 Å². The molecule has 2 aromatic rings. The lowest BCUT2D eigenvalue weighted by Gasteiger charge is -2.32. The average molecular weight is 338 g/mol. The van der Waals surface area contributed by atoms with Crippen molar-refractivity contribution in [2.45, 2.75) is 27.3 Å². The molecular formula is C21H28N3O+. The molecular weight excluding hydrogens is 310 g/mol. The van der Waals surface area contributed by atoms with Gasteiger partial charge in [0, 0.05) is 11.3 Å². The summed E-state index contributed by atoms with van der Waals surface area (Å²) in [6.45, 7) is 10.9. The third-order valence-electron chi connectivity index (χ3n) is 4.93. The minimum absolute atomic E-state index is 0.0138. The molecule has 1 fully saturated rings. The topological polar surface area (TPSA) is 36.8 Å². The molecule has 2 N–H and O–H groups in total. The Labute approximate surface area is 150 Å². The summed E-state index contributed by atoms with van der Waals surface area (Å²) in [7, 11) is 0. The SMILES string of the molecule is Cc1cc(C)cc(NC(=O)N2CC[NH+](Cc3ccccc3C)CC2)c1. The van der Waals surface area contributed by atoms with Gasteiger partial charge < -0.3 is 15.1 Å². The number of nitrogens with zero attached hydrogens (tertiary/aromatic N) is 1. The molecule has 1 heterocycles. The quantitative estimate of drug-likeness (QED) is 0.887. The first-order valence-corrected chi connectivity index (χ1v) is 9.03. The Kier molecular flexibility index (Phi) is 5.39. The summed E-state index contributed by atoms with van der Waals surface area (Å²) in [5.41, 5.74) is 5.98. The van der Waals surface area contributed by atoms with Crippen LogP contribution in [0.3, 0.4) is 0 Å². The standard InChI is InChI=1S/C21H27N3O/c1-16-12-17(2)14-20(13-16)22-21(25)24-10-8-23(9-11-24)15-19-7-5-4-6-18(19)3/h4-7,12-14H,8-11,15H2,1-3H3,(H,22,25)/p+1. The van der Waals surface area contributed by atoms with Crippen LogP contribution in [0.2, 0.25) is 0 Å². The van der Waals surface area contributed by atoms with Gasteiger partial charge in [-0.25, -0.2) is 4.79 Å². The van der Waals surface area contributed by atoms with E-state index in [1.165, 1.54) is 22.3 Å². The van der Waals surface area contributed by atoms with Crippen LogP contribution in [0.25, 0.3) is 0 Å². The van der Waals surface area contributed by atoms with E-state index in [9.17, 15) is 4.79 Å². The second-order valence-electron chi connectivity index (χ2n) is 7.15. The van der Waals surface area contributed by atoms with E-state index in [2.05, 4.69) is 56.4 Å². The molecule has 2 aromatic carbocycles. The maximum atomic E-state index is 12.5. The lowest BCUT2D eigenvalue weighted by Crippen LogP contribution is -3.13. The van der Waals surface area contributed by atoms with E-state index in [1.54, 1.807) is 4.90 Å². The monoisotopic (exact) mass is 338 g/mol. The molecule has 0 saturated carbocycles. The summed E-state index contributed by atoms with van der Waals surface area (Å²) in [6, 6.07) is 14.7. The highest BCUT2D eigenvalue weighted by atomic mass is 16.2. The number of urea groups is 1. The highest BCUT2D eigenvalue weighted by Gasteiger charge is 2.24. The van der Waals surface area contributed by atoms with Crippen molar-refractivity contribution in [3.05, 3.63) is 64.7 Å². The summed E-state index contributed by atoms with van der Waals surface area (Å²) < 4.78 is 0. The number of anilines is 1. The Morgan fingerprint density at radius 1 is 1.04 bits per heavy atom. The summed E-state index contributed by atoms with van der Waals surface area (Å²) in [4.78, 5) is 16.0. The van der Waals surface area contributed by atoms with Crippen molar-refractivity contribution < 1.29 is 9.69 Å². The number of hydrogen-bond donors (Lipinski definition) is 2. The van der Waals surface area contributed by atoms with Gasteiger partial charge >= 0.3 is 6.03 Å². The summed E-state index contributed by atoms with van der Waals surface area (Å²) >= 11 is 0. The van der Waals surface area contributed by atoms with Gasteiger partial charge in [-0.15, -0.1) is 0 Å². The van der Waals surface area contributed by atoms with E-state index in [0.29, 0.717) is 0 Å². The molecule has 0 bridgehead atoms. The van der Waals surface area contributed by atoms with Gasteiger partial charge in [0.25, 0.3) is 0 Å². The summed E-state index contributed by atoms with van der Waals surface area (Å²) in [5.74, 6) is 0. The molecule has 0 aliphatic carbocycles. The van der Waals surface area contributed by atoms with Crippen molar-refractivity contribution in [1.29, 1.82) is 0 Å². The maximum Gasteiger partial charge on any atom is 0.322 e. The zero-order valence-corrected chi connectivity index (χ0v) is 15.4. The van der Waals surface area contributed by atoms with Gasteiger partial charge in [0.1, 0.15) is 6.54 Å². The fourth-order valence-corrected chi connectivity index (χ4v) is 3.53. The molecule has 1 aliphatic rings. The van der Waals surface area contributed by atoms with E-state index < -0.39 is 0 Å². The zero-order chi connectivity index (χ0) is 17.8. The molecule has 4 heteroatoms. The van der Waals surface area contributed by atoms with Crippen LogP contribution < -0.4 is 10.2 Å². The van der Waals surface area contributed by atoms with E-state index >= 15 is 0 Å². The number of nitrogens with one attached hydrogen (secondary N) is 2. The van der Waals surface area contributed by atoms with E-state index in [0.717, 1.165) is 38.4 Å². The molecule has 132 valence electrons. The van der Waals surface area contributed by atoms with Crippen LogP contribution in [0, 0.1) is 20.8 Å². The zero-order valence-electron chi connectivity index (χ0n) is 15.4. The van der Waals surface area contributed by atoms with Gasteiger partial charge in [-0.3, -0.25) is 0 Å². The van der Waals surface area contributed by atoms with Crippen LogP contribution in [0.1, 0.15) is 22.3 Å². The molecule has 25 heavy (non-hydrogen) atoms. The first-order chi connectivity index (χ1) is 12.0. The predicted octanol–water partition coefficient (Wildman–Crippen LogP) is 2.54. The van der Waals surface area contributed by atoms with Gasteiger partial charge in [-0.2, -0.15) is 0 Å². The van der Waals surface area contributed by atoms with Gasteiger partial charge in [0.15, 0.2) is 0 Å². The first kappa shape index (κ1) is 17.5. The number of aryl methyl sites for hydroxylation is 3. The highest BCUT2D eigenvalue weighted by molar-refractivity contribution is 5.89. The van der Waals surface area contributed by atoms with E-state index in [4.69, 9.17) is 0 Å². The Hall–Kier alpha value is -2.33. The van der Waals surface area contributed by atoms with Crippen LogP contribution in [-0.4, -0.2) is 37.1 Å². The molecule has 1 saturated heterocycles. The minimum atomic E-state index is 0.0138. The third-order valence-corrected chi connectivity index (χ3v) is 4.93. The number of carbonyl (C=O) groups excluding carboxylic acids is 1. The van der Waals surface area contributed by atoms with Crippen molar-refractivity contribution in [1.82, 2.24) is 4.90 Å². The average Bonchev–Trinajstić information content (AvgIpc) is 2.56. The van der Waals surface area contributed by atoms with Crippen LogP contribution in [0.5, 0.6) is 0 Å². The van der Waals surface area contributed by atoms with E-state index in [1.807, 2.05) is 17.0 Å². The smallest absolute Gasteiger partial charge is 0.322 e. The minimum Gasteiger partial charge on any atom is -0.328 e. The number of quaternary nitrogens is 1. The Morgan fingerprint density at radius 3 is 2.32 bits per heavy atom. The van der Waals surface area contributed by atoms with Crippen LogP contribution in [0.4, 0.5) is 10.5 Å². The lowest BCUT2D eigenvalue weighted by molar-refractivity contribution is -0.917. The van der Waals surface area contributed by atoms with Gasteiger partial charge in [0.2, 0.25) is 0 Å². The van der Waals surface area contributed by atoms with Crippen molar-refractivity contribution in [3.8, 4) is 0 Å². The number of carbonyl (C=O) groups is 1. The van der Waals surface area contributed by atoms with Gasteiger partial charge in [-0.1, -0.05) is 30.3 Å². The fourth-order valence-electron chi connectivity index (χ4n) is 3.53. The Bertz CT molecular complexity index is 728. The Balaban J connectivity index is 1.53. The highest BCUT2D eigenvalue weighted by Crippen LogP contribution is 2.14. The first-order valence-electron chi connectivity index (χ1n) is 9.03. The van der Waals surface area contributed by atoms with Crippen molar-refractivity contribution in [3.63, 3.8) is 0 Å². The molecule has 0 unspecified atom stereocenters. The van der Waals surface area contributed by atoms with Gasteiger partial charge in [0.05, 0.1) is 26.2 Å². The predicted molar refractivity (Wildman–Crippen MR) is 102 cm³/mol. The van der Waals surface area contributed by atoms with Crippen LogP contribution in [0.15, 0.2) is 42.5 Å². The number of amides is 2. The van der Waals surface area contributed by atoms with Crippen LogP contribution >= 0.6 is 0 Å². The molecule has 4 nitrogen and oxygen atoms in total. The summed E-state index contributed by atoms with van der Waals surface area (Å²) in [5, 5.41) is 3.04. The molecule has 2 amide bonds. The number of hydrogen-bond acceptors (Lipinski definition) is 1. The third kappa shape index (κ3) is 4.60. The molecule has 1 aliphatic heterocycles. The molecule has 0 aromatic heterocycles. The molecule has 0 spiro atoms. The second kappa shape index (κ2) is 7.70. The largest absolute Gasteiger partial charge is 0.328 e. The number of piperazine rings is 1. The summed E-state index contributed by atoms with van der Waals surface area (Å²) in [6.07, 6.45) is 0. The van der Waals surface area contributed by atoms with Gasteiger partial charge in [-0.05, 0) is 49.6 Å². The number of benzene rings is 2.